The molecule has 1 aliphatic rings. The lowest BCUT2D eigenvalue weighted by atomic mass is 10.00. The number of hydrogen-bond donors (Lipinski definition) is 1. The molecular formula is C11H8F5NO2S. The molecule has 20 heavy (non-hydrogen) atoms. The van der Waals surface area contributed by atoms with E-state index in [1.807, 2.05) is 5.32 Å². The first-order valence-electron chi connectivity index (χ1n) is 5.35. The highest BCUT2D eigenvalue weighted by atomic mass is 32.2. The third kappa shape index (κ3) is 3.33. The molecule has 2 rings (SSSR count). The van der Waals surface area contributed by atoms with Crippen LogP contribution in [0.4, 0.5) is 26.7 Å². The van der Waals surface area contributed by atoms with Crippen LogP contribution < -0.4 is 5.32 Å². The molecule has 0 spiro atoms. The molecule has 1 atom stereocenters. The number of ether oxygens (including phenoxy) is 1. The van der Waals surface area contributed by atoms with Crippen LogP contribution in [-0.2, 0) is 4.74 Å². The van der Waals surface area contributed by atoms with Crippen molar-refractivity contribution in [2.24, 2.45) is 0 Å². The van der Waals surface area contributed by atoms with E-state index in [-0.39, 0.29) is 10.5 Å². The maximum absolute atomic E-state index is 13.7. The first-order chi connectivity index (χ1) is 9.19. The van der Waals surface area contributed by atoms with Crippen LogP contribution in [0, 0.1) is 0 Å². The number of alkyl halides is 5. The van der Waals surface area contributed by atoms with E-state index in [0.29, 0.717) is 0 Å². The van der Waals surface area contributed by atoms with Gasteiger partial charge in [0, 0.05) is 4.90 Å². The predicted molar refractivity (Wildman–Crippen MR) is 60.5 cm³/mol. The predicted octanol–water partition coefficient (Wildman–Crippen LogP) is 3.71. The summed E-state index contributed by atoms with van der Waals surface area (Å²) in [6, 6.07) is 2.98. The molecule has 1 aromatic rings. The van der Waals surface area contributed by atoms with E-state index in [2.05, 4.69) is 4.74 Å². The van der Waals surface area contributed by atoms with Gasteiger partial charge in [0.1, 0.15) is 6.04 Å². The monoisotopic (exact) mass is 313 g/mol. The van der Waals surface area contributed by atoms with Gasteiger partial charge in [-0.1, -0.05) is 18.2 Å². The SMILES string of the molecule is O=C1N[C@@H](c2ccccc2SC(F)(F)F)C(F)(F)CO1. The van der Waals surface area contributed by atoms with Gasteiger partial charge in [0.05, 0.1) is 0 Å². The summed E-state index contributed by atoms with van der Waals surface area (Å²) in [5, 5.41) is 1.86. The van der Waals surface area contributed by atoms with Crippen molar-refractivity contribution in [2.45, 2.75) is 22.4 Å². The first-order valence-corrected chi connectivity index (χ1v) is 6.16. The van der Waals surface area contributed by atoms with Crippen LogP contribution in [0.3, 0.4) is 0 Å². The summed E-state index contributed by atoms with van der Waals surface area (Å²) in [7, 11) is 0. The Morgan fingerprint density at radius 1 is 1.30 bits per heavy atom. The highest BCUT2D eigenvalue weighted by Gasteiger charge is 2.48. The maximum atomic E-state index is 13.7. The molecule has 0 aliphatic carbocycles. The van der Waals surface area contributed by atoms with Gasteiger partial charge in [-0.05, 0) is 23.4 Å². The summed E-state index contributed by atoms with van der Waals surface area (Å²) in [4.78, 5) is 10.7. The third-order valence-corrected chi connectivity index (χ3v) is 3.36. The van der Waals surface area contributed by atoms with Crippen molar-refractivity contribution >= 4 is 17.9 Å². The van der Waals surface area contributed by atoms with Crippen LogP contribution >= 0.6 is 11.8 Å². The Balaban J connectivity index is 2.38. The molecule has 1 fully saturated rings. The number of amides is 1. The largest absolute Gasteiger partial charge is 0.446 e. The Kier molecular flexibility index (Phi) is 3.81. The molecule has 0 aromatic heterocycles. The molecule has 1 N–H and O–H groups in total. The molecule has 1 amide bonds. The van der Waals surface area contributed by atoms with Gasteiger partial charge in [-0.3, -0.25) is 0 Å². The highest BCUT2D eigenvalue weighted by Crippen LogP contribution is 2.43. The average molecular weight is 313 g/mol. The summed E-state index contributed by atoms with van der Waals surface area (Å²) >= 11 is -0.502. The van der Waals surface area contributed by atoms with Gasteiger partial charge in [-0.2, -0.15) is 13.2 Å². The van der Waals surface area contributed by atoms with Crippen molar-refractivity contribution in [1.29, 1.82) is 0 Å². The van der Waals surface area contributed by atoms with Crippen LogP contribution in [0.2, 0.25) is 0 Å². The topological polar surface area (TPSA) is 38.3 Å². The summed E-state index contributed by atoms with van der Waals surface area (Å²) in [5.74, 6) is -3.49. The Morgan fingerprint density at radius 3 is 2.60 bits per heavy atom. The van der Waals surface area contributed by atoms with Crippen LogP contribution in [0.5, 0.6) is 0 Å². The van der Waals surface area contributed by atoms with Crippen molar-refractivity contribution in [3.05, 3.63) is 29.8 Å². The Hall–Kier alpha value is -1.51. The van der Waals surface area contributed by atoms with Gasteiger partial charge < -0.3 is 10.1 Å². The van der Waals surface area contributed by atoms with Crippen LogP contribution in [0.25, 0.3) is 0 Å². The molecule has 1 heterocycles. The minimum Gasteiger partial charge on any atom is -0.443 e. The number of carbonyl (C=O) groups is 1. The number of carbonyl (C=O) groups excluding carboxylic acids is 1. The fourth-order valence-corrected chi connectivity index (χ4v) is 2.45. The number of thioether (sulfide) groups is 1. The molecular weight excluding hydrogens is 305 g/mol. The van der Waals surface area contributed by atoms with Gasteiger partial charge in [0.15, 0.2) is 6.61 Å². The zero-order chi connectivity index (χ0) is 15.0. The van der Waals surface area contributed by atoms with E-state index in [9.17, 15) is 26.7 Å². The summed E-state index contributed by atoms with van der Waals surface area (Å²) < 4.78 is 68.8. The molecule has 0 saturated carbocycles. The normalized spacial score (nSPS) is 22.1. The van der Waals surface area contributed by atoms with E-state index < -0.39 is 41.9 Å². The molecule has 0 unspecified atom stereocenters. The minimum atomic E-state index is -4.61. The molecule has 3 nitrogen and oxygen atoms in total. The smallest absolute Gasteiger partial charge is 0.443 e. The van der Waals surface area contributed by atoms with Gasteiger partial charge in [-0.25, -0.2) is 13.6 Å². The lowest BCUT2D eigenvalue weighted by molar-refractivity contribution is -0.104. The second kappa shape index (κ2) is 5.12. The van der Waals surface area contributed by atoms with E-state index in [1.165, 1.54) is 12.1 Å². The molecule has 9 heteroatoms. The number of rotatable bonds is 2. The van der Waals surface area contributed by atoms with Crippen molar-refractivity contribution in [2.75, 3.05) is 6.61 Å². The molecule has 0 radical (unpaired) electrons. The van der Waals surface area contributed by atoms with Crippen LogP contribution in [0.15, 0.2) is 29.2 Å². The van der Waals surface area contributed by atoms with Crippen molar-refractivity contribution in [1.82, 2.24) is 5.32 Å². The third-order valence-electron chi connectivity index (χ3n) is 2.54. The van der Waals surface area contributed by atoms with Crippen LogP contribution in [-0.4, -0.2) is 24.1 Å². The molecule has 110 valence electrons. The van der Waals surface area contributed by atoms with E-state index in [1.54, 1.807) is 0 Å². The van der Waals surface area contributed by atoms with E-state index in [0.717, 1.165) is 12.1 Å². The van der Waals surface area contributed by atoms with Crippen molar-refractivity contribution in [3.63, 3.8) is 0 Å². The van der Waals surface area contributed by atoms with Gasteiger partial charge in [0.2, 0.25) is 0 Å². The van der Waals surface area contributed by atoms with Gasteiger partial charge in [0.25, 0.3) is 0 Å². The Bertz CT molecular complexity index is 520. The fraction of sp³-hybridized carbons (Fsp3) is 0.364. The highest BCUT2D eigenvalue weighted by molar-refractivity contribution is 8.00. The quantitative estimate of drug-likeness (QED) is 0.668. The van der Waals surface area contributed by atoms with Crippen LogP contribution in [0.1, 0.15) is 11.6 Å². The molecule has 0 bridgehead atoms. The first kappa shape index (κ1) is 14.9. The number of benzene rings is 1. The minimum absolute atomic E-state index is 0.295. The average Bonchev–Trinajstić information content (AvgIpc) is 2.31. The number of halogens is 5. The summed E-state index contributed by atoms with van der Waals surface area (Å²) in [6.07, 6.45) is -1.09. The molecule has 1 aliphatic heterocycles. The standard InChI is InChI=1S/C11H8F5NO2S/c12-10(13)5-19-9(18)17-8(10)6-3-1-2-4-7(6)20-11(14,15)16/h1-4,8H,5H2,(H,17,18)/t8-/m0/s1. The second-order valence-electron chi connectivity index (χ2n) is 4.00. The Morgan fingerprint density at radius 2 is 1.95 bits per heavy atom. The maximum Gasteiger partial charge on any atom is 0.446 e. The zero-order valence-electron chi connectivity index (χ0n) is 9.71. The number of hydrogen-bond acceptors (Lipinski definition) is 3. The number of cyclic esters (lactones) is 1. The number of nitrogens with one attached hydrogen (secondary N) is 1. The Labute approximate surface area is 114 Å². The lowest BCUT2D eigenvalue weighted by Crippen LogP contribution is -2.49. The van der Waals surface area contributed by atoms with Crippen molar-refractivity contribution in [3.8, 4) is 0 Å². The van der Waals surface area contributed by atoms with Gasteiger partial charge >= 0.3 is 17.5 Å². The zero-order valence-corrected chi connectivity index (χ0v) is 10.5. The summed E-state index contributed by atoms with van der Waals surface area (Å²) in [6.45, 7) is -1.17. The number of alkyl carbamates (subject to hydrolysis) is 1. The van der Waals surface area contributed by atoms with Gasteiger partial charge in [-0.15, -0.1) is 0 Å². The van der Waals surface area contributed by atoms with Crippen molar-refractivity contribution < 1.29 is 31.5 Å². The lowest BCUT2D eigenvalue weighted by Gasteiger charge is -2.32. The van der Waals surface area contributed by atoms with E-state index in [4.69, 9.17) is 0 Å². The molecule has 1 saturated heterocycles. The fourth-order valence-electron chi connectivity index (χ4n) is 1.75. The molecule has 1 aromatic carbocycles. The van der Waals surface area contributed by atoms with E-state index >= 15 is 0 Å². The summed E-state index contributed by atoms with van der Waals surface area (Å²) in [5.41, 5.74) is -4.91. The second-order valence-corrected chi connectivity index (χ2v) is 5.11.